The van der Waals surface area contributed by atoms with Crippen LogP contribution < -0.4 is 10.6 Å². The normalized spacial score (nSPS) is 18.4. The number of ether oxygens (including phenoxy) is 1. The van der Waals surface area contributed by atoms with Crippen LogP contribution >= 0.6 is 0 Å². The van der Waals surface area contributed by atoms with Crippen molar-refractivity contribution in [2.75, 3.05) is 18.5 Å². The molecule has 0 unspecified atom stereocenters. The number of anilines is 1. The van der Waals surface area contributed by atoms with Gasteiger partial charge in [0.1, 0.15) is 12.1 Å². The predicted molar refractivity (Wildman–Crippen MR) is 116 cm³/mol. The lowest BCUT2D eigenvalue weighted by Gasteiger charge is -2.22. The summed E-state index contributed by atoms with van der Waals surface area (Å²) in [7, 11) is 0. The van der Waals surface area contributed by atoms with Gasteiger partial charge in [0.15, 0.2) is 6.61 Å². The molecular formula is C23H27N3O5. The molecule has 8 nitrogen and oxygen atoms in total. The molecule has 164 valence electrons. The number of fused-ring (bicyclic) bond motifs is 1. The molecule has 0 radical (unpaired) electrons. The van der Waals surface area contributed by atoms with Crippen LogP contribution in [0.5, 0.6) is 0 Å². The minimum Gasteiger partial charge on any atom is -0.454 e. The molecule has 0 bridgehead atoms. The predicted octanol–water partition coefficient (Wildman–Crippen LogP) is 3.07. The molecular weight excluding hydrogens is 398 g/mol. The Balaban J connectivity index is 1.53. The summed E-state index contributed by atoms with van der Waals surface area (Å²) in [5.41, 5.74) is -0.429. The van der Waals surface area contributed by atoms with Crippen molar-refractivity contribution in [3.8, 4) is 0 Å². The van der Waals surface area contributed by atoms with E-state index in [1.807, 2.05) is 50.2 Å². The Hall–Kier alpha value is -3.42. The third kappa shape index (κ3) is 5.20. The fourth-order valence-corrected chi connectivity index (χ4v) is 3.48. The van der Waals surface area contributed by atoms with Gasteiger partial charge in [0, 0.05) is 11.1 Å². The standard InChI is InChI=1S/C23H27N3O5/c1-15(2)11-12-23(3)21(29)26(22(30)25-23)13-20(28)31-14-19(27)24-18-10-6-8-16-7-4-5-9-17(16)18/h4-10,15H,11-14H2,1-3H3,(H,24,27)(H,25,30)/t23-/m0/s1. The first-order valence-corrected chi connectivity index (χ1v) is 10.3. The SMILES string of the molecule is CC(C)CC[C@]1(C)NC(=O)N(CC(=O)OCC(=O)Nc2cccc3ccccc23)C1=O. The number of rotatable bonds is 8. The van der Waals surface area contributed by atoms with Crippen LogP contribution in [0.25, 0.3) is 10.8 Å². The van der Waals surface area contributed by atoms with E-state index < -0.39 is 42.5 Å². The largest absolute Gasteiger partial charge is 0.454 e. The van der Waals surface area contributed by atoms with Crippen LogP contribution in [0, 0.1) is 5.92 Å². The van der Waals surface area contributed by atoms with Gasteiger partial charge in [-0.25, -0.2) is 4.79 Å². The van der Waals surface area contributed by atoms with Crippen LogP contribution in [-0.2, 0) is 19.1 Å². The molecule has 0 aliphatic carbocycles. The Morgan fingerprint density at radius 3 is 2.58 bits per heavy atom. The highest BCUT2D eigenvalue weighted by molar-refractivity contribution is 6.08. The molecule has 1 atom stereocenters. The van der Waals surface area contributed by atoms with E-state index >= 15 is 0 Å². The van der Waals surface area contributed by atoms with Crippen LogP contribution in [0.2, 0.25) is 0 Å². The number of urea groups is 1. The van der Waals surface area contributed by atoms with Gasteiger partial charge < -0.3 is 15.4 Å². The van der Waals surface area contributed by atoms with Crippen molar-refractivity contribution in [2.24, 2.45) is 5.92 Å². The summed E-state index contributed by atoms with van der Waals surface area (Å²) in [6.45, 7) is 4.66. The number of amides is 4. The number of carbonyl (C=O) groups is 4. The van der Waals surface area contributed by atoms with Crippen molar-refractivity contribution in [3.63, 3.8) is 0 Å². The molecule has 1 saturated heterocycles. The summed E-state index contributed by atoms with van der Waals surface area (Å²) in [5.74, 6) is -1.43. The van der Waals surface area contributed by atoms with Crippen LogP contribution in [0.1, 0.15) is 33.6 Å². The van der Waals surface area contributed by atoms with Crippen molar-refractivity contribution >= 4 is 40.3 Å². The van der Waals surface area contributed by atoms with Gasteiger partial charge in [-0.1, -0.05) is 50.2 Å². The molecule has 31 heavy (non-hydrogen) atoms. The van der Waals surface area contributed by atoms with Crippen molar-refractivity contribution in [2.45, 2.75) is 39.2 Å². The fraction of sp³-hybridized carbons (Fsp3) is 0.391. The first kappa shape index (κ1) is 22.3. The topological polar surface area (TPSA) is 105 Å². The van der Waals surface area contributed by atoms with E-state index in [1.165, 1.54) is 0 Å². The number of imide groups is 1. The lowest BCUT2D eigenvalue weighted by molar-refractivity contribution is -0.150. The van der Waals surface area contributed by atoms with Gasteiger partial charge >= 0.3 is 12.0 Å². The molecule has 3 rings (SSSR count). The second-order valence-corrected chi connectivity index (χ2v) is 8.32. The second-order valence-electron chi connectivity index (χ2n) is 8.32. The van der Waals surface area contributed by atoms with E-state index in [9.17, 15) is 19.2 Å². The van der Waals surface area contributed by atoms with Crippen molar-refractivity contribution < 1.29 is 23.9 Å². The van der Waals surface area contributed by atoms with E-state index in [4.69, 9.17) is 4.74 Å². The van der Waals surface area contributed by atoms with Crippen molar-refractivity contribution in [3.05, 3.63) is 42.5 Å². The highest BCUT2D eigenvalue weighted by Crippen LogP contribution is 2.25. The maximum atomic E-state index is 12.6. The molecule has 0 saturated carbocycles. The molecule has 2 aromatic rings. The van der Waals surface area contributed by atoms with Gasteiger partial charge in [-0.05, 0) is 37.1 Å². The molecule has 1 aliphatic heterocycles. The van der Waals surface area contributed by atoms with Gasteiger partial charge in [0.05, 0.1) is 0 Å². The molecule has 4 amide bonds. The first-order valence-electron chi connectivity index (χ1n) is 10.3. The molecule has 0 spiro atoms. The number of benzene rings is 2. The third-order valence-electron chi connectivity index (χ3n) is 5.28. The Labute approximate surface area is 180 Å². The third-order valence-corrected chi connectivity index (χ3v) is 5.28. The number of carbonyl (C=O) groups excluding carboxylic acids is 4. The molecule has 2 aromatic carbocycles. The Bertz CT molecular complexity index is 1010. The summed E-state index contributed by atoms with van der Waals surface area (Å²) < 4.78 is 4.99. The molecule has 8 heteroatoms. The summed E-state index contributed by atoms with van der Waals surface area (Å²) in [4.78, 5) is 50.1. The zero-order chi connectivity index (χ0) is 22.6. The monoisotopic (exact) mass is 425 g/mol. The summed E-state index contributed by atoms with van der Waals surface area (Å²) in [6.07, 6.45) is 1.24. The summed E-state index contributed by atoms with van der Waals surface area (Å²) in [5, 5.41) is 7.21. The van der Waals surface area contributed by atoms with E-state index in [-0.39, 0.29) is 0 Å². The smallest absolute Gasteiger partial charge is 0.326 e. The van der Waals surface area contributed by atoms with Gasteiger partial charge in [-0.15, -0.1) is 0 Å². The van der Waals surface area contributed by atoms with Crippen LogP contribution in [0.3, 0.4) is 0 Å². The van der Waals surface area contributed by atoms with Gasteiger partial charge in [0.2, 0.25) is 0 Å². The van der Waals surface area contributed by atoms with E-state index in [0.717, 1.165) is 22.1 Å². The lowest BCUT2D eigenvalue weighted by atomic mass is 9.92. The quantitative estimate of drug-likeness (QED) is 0.500. The Morgan fingerprint density at radius 1 is 1.13 bits per heavy atom. The molecule has 1 heterocycles. The fourth-order valence-electron chi connectivity index (χ4n) is 3.48. The Kier molecular flexibility index (Phi) is 6.58. The average Bonchev–Trinajstić information content (AvgIpc) is 2.94. The van der Waals surface area contributed by atoms with Gasteiger partial charge in [0.25, 0.3) is 11.8 Å². The minimum atomic E-state index is -1.03. The van der Waals surface area contributed by atoms with Crippen LogP contribution in [-0.4, -0.2) is 47.4 Å². The molecule has 2 N–H and O–H groups in total. The number of hydrogen-bond acceptors (Lipinski definition) is 5. The minimum absolute atomic E-state index is 0.376. The molecule has 1 fully saturated rings. The van der Waals surface area contributed by atoms with E-state index in [1.54, 1.807) is 13.0 Å². The summed E-state index contributed by atoms with van der Waals surface area (Å²) in [6, 6.07) is 12.4. The number of nitrogens with one attached hydrogen (secondary N) is 2. The number of hydrogen-bond donors (Lipinski definition) is 2. The van der Waals surface area contributed by atoms with Crippen molar-refractivity contribution in [1.82, 2.24) is 10.2 Å². The van der Waals surface area contributed by atoms with Crippen LogP contribution in [0.4, 0.5) is 10.5 Å². The number of esters is 1. The first-order chi connectivity index (χ1) is 14.7. The highest BCUT2D eigenvalue weighted by Gasteiger charge is 2.48. The number of nitrogens with zero attached hydrogens (tertiary/aromatic N) is 1. The Morgan fingerprint density at radius 2 is 1.84 bits per heavy atom. The highest BCUT2D eigenvalue weighted by atomic mass is 16.5. The maximum Gasteiger partial charge on any atom is 0.326 e. The van der Waals surface area contributed by atoms with Gasteiger partial charge in [-0.2, -0.15) is 0 Å². The van der Waals surface area contributed by atoms with E-state index in [0.29, 0.717) is 18.0 Å². The van der Waals surface area contributed by atoms with Gasteiger partial charge in [-0.3, -0.25) is 19.3 Å². The second kappa shape index (κ2) is 9.16. The average molecular weight is 425 g/mol. The zero-order valence-electron chi connectivity index (χ0n) is 17.9. The van der Waals surface area contributed by atoms with Crippen LogP contribution in [0.15, 0.2) is 42.5 Å². The zero-order valence-corrected chi connectivity index (χ0v) is 17.9. The molecule has 0 aromatic heterocycles. The summed E-state index contributed by atoms with van der Waals surface area (Å²) >= 11 is 0. The molecule has 1 aliphatic rings. The lowest BCUT2D eigenvalue weighted by Crippen LogP contribution is -2.44. The van der Waals surface area contributed by atoms with E-state index in [2.05, 4.69) is 10.6 Å². The maximum absolute atomic E-state index is 12.6. The van der Waals surface area contributed by atoms with Crippen molar-refractivity contribution in [1.29, 1.82) is 0 Å².